The molecule has 0 spiro atoms. The first-order valence-electron chi connectivity index (χ1n) is 8.10. The molecule has 1 amide bonds. The molecule has 7 heteroatoms. The van der Waals surface area contributed by atoms with Crippen molar-refractivity contribution in [1.29, 1.82) is 0 Å². The second kappa shape index (κ2) is 7.84. The largest absolute Gasteiger partial charge is 0.508 e. The number of hydrogen-bond acceptors (Lipinski definition) is 6. The lowest BCUT2D eigenvalue weighted by molar-refractivity contribution is -0.113. The Labute approximate surface area is 154 Å². The van der Waals surface area contributed by atoms with Crippen LogP contribution in [-0.2, 0) is 17.6 Å². The van der Waals surface area contributed by atoms with Crippen LogP contribution in [0, 0.1) is 0 Å². The van der Waals surface area contributed by atoms with Gasteiger partial charge < -0.3 is 10.4 Å². The van der Waals surface area contributed by atoms with E-state index in [4.69, 9.17) is 0 Å². The van der Waals surface area contributed by atoms with E-state index < -0.39 is 0 Å². The molecule has 2 heterocycles. The van der Waals surface area contributed by atoms with E-state index in [2.05, 4.69) is 28.3 Å². The second-order valence-corrected chi connectivity index (χ2v) is 7.55. The van der Waals surface area contributed by atoms with Gasteiger partial charge in [0.1, 0.15) is 21.4 Å². The molecule has 0 fully saturated rings. The molecule has 2 aromatic heterocycles. The molecular formula is C18H19N3O2S2. The Balaban J connectivity index is 1.74. The third kappa shape index (κ3) is 4.29. The highest BCUT2D eigenvalue weighted by atomic mass is 32.2. The topological polar surface area (TPSA) is 75.1 Å². The van der Waals surface area contributed by atoms with Crippen molar-refractivity contribution in [2.75, 3.05) is 11.1 Å². The first-order chi connectivity index (χ1) is 12.1. The highest BCUT2D eigenvalue weighted by Crippen LogP contribution is 2.32. The molecule has 0 unspecified atom stereocenters. The molecule has 0 aliphatic heterocycles. The number of anilines is 1. The number of carbonyl (C=O) groups is 1. The van der Waals surface area contributed by atoms with Crippen molar-refractivity contribution in [3.63, 3.8) is 0 Å². The standard InChI is InChI=1S/C18H19N3O2S2/c1-3-13-9-14-17(20-15(4-2)21-18(14)25-13)24-10-16(23)19-11-5-7-12(22)8-6-11/h5-9,22H,3-4,10H2,1-2H3,(H,19,23). The van der Waals surface area contributed by atoms with Crippen LogP contribution >= 0.6 is 23.1 Å². The summed E-state index contributed by atoms with van der Waals surface area (Å²) in [6.07, 6.45) is 1.73. The molecule has 130 valence electrons. The number of benzene rings is 1. The Morgan fingerprint density at radius 2 is 1.96 bits per heavy atom. The van der Waals surface area contributed by atoms with Crippen LogP contribution in [0.15, 0.2) is 35.4 Å². The molecule has 0 aliphatic rings. The predicted molar refractivity (Wildman–Crippen MR) is 104 cm³/mol. The number of thiophene rings is 1. The zero-order valence-corrected chi connectivity index (χ0v) is 15.7. The van der Waals surface area contributed by atoms with Crippen LogP contribution in [0.5, 0.6) is 5.75 Å². The summed E-state index contributed by atoms with van der Waals surface area (Å²) in [6, 6.07) is 8.55. The fourth-order valence-corrected chi connectivity index (χ4v) is 4.18. The third-order valence-electron chi connectivity index (χ3n) is 3.61. The zero-order valence-electron chi connectivity index (χ0n) is 14.1. The van der Waals surface area contributed by atoms with E-state index in [1.54, 1.807) is 35.6 Å². The molecule has 5 nitrogen and oxygen atoms in total. The van der Waals surface area contributed by atoms with Crippen molar-refractivity contribution in [1.82, 2.24) is 9.97 Å². The average molecular weight is 374 g/mol. The number of hydrogen-bond donors (Lipinski definition) is 2. The van der Waals surface area contributed by atoms with Crippen LogP contribution in [0.4, 0.5) is 5.69 Å². The molecular weight excluding hydrogens is 354 g/mol. The van der Waals surface area contributed by atoms with E-state index in [1.165, 1.54) is 16.6 Å². The molecule has 3 aromatic rings. The third-order valence-corrected chi connectivity index (χ3v) is 5.78. The van der Waals surface area contributed by atoms with Gasteiger partial charge in [0.15, 0.2) is 0 Å². The number of phenolic OH excluding ortho intramolecular Hbond substituents is 1. The van der Waals surface area contributed by atoms with Crippen molar-refractivity contribution >= 4 is 44.9 Å². The lowest BCUT2D eigenvalue weighted by atomic mass is 10.3. The van der Waals surface area contributed by atoms with E-state index in [9.17, 15) is 9.90 Å². The number of rotatable bonds is 6. The van der Waals surface area contributed by atoms with Crippen molar-refractivity contribution in [2.24, 2.45) is 0 Å². The lowest BCUT2D eigenvalue weighted by Gasteiger charge is -2.06. The van der Waals surface area contributed by atoms with Gasteiger partial charge in [0.25, 0.3) is 0 Å². The maximum atomic E-state index is 12.2. The van der Waals surface area contributed by atoms with Gasteiger partial charge in [-0.3, -0.25) is 4.79 Å². The Bertz CT molecular complexity index is 891. The summed E-state index contributed by atoms with van der Waals surface area (Å²) in [5.74, 6) is 1.14. The minimum absolute atomic E-state index is 0.105. The number of aromatic nitrogens is 2. The van der Waals surface area contributed by atoms with Crippen LogP contribution in [0.25, 0.3) is 10.2 Å². The second-order valence-electron chi connectivity index (χ2n) is 5.47. The van der Waals surface area contributed by atoms with Gasteiger partial charge in [0.05, 0.1) is 5.75 Å². The Hall–Kier alpha value is -2.12. The summed E-state index contributed by atoms with van der Waals surface area (Å²) in [7, 11) is 0. The number of nitrogens with zero attached hydrogens (tertiary/aromatic N) is 2. The lowest BCUT2D eigenvalue weighted by Crippen LogP contribution is -2.14. The van der Waals surface area contributed by atoms with E-state index in [0.29, 0.717) is 5.69 Å². The molecule has 1 aromatic carbocycles. The van der Waals surface area contributed by atoms with Crippen LogP contribution in [0.2, 0.25) is 0 Å². The number of amides is 1. The van der Waals surface area contributed by atoms with Crippen molar-refractivity contribution in [2.45, 2.75) is 31.7 Å². The van der Waals surface area contributed by atoms with Crippen LogP contribution in [0.3, 0.4) is 0 Å². The minimum Gasteiger partial charge on any atom is -0.508 e. The summed E-state index contributed by atoms with van der Waals surface area (Å²) < 4.78 is 0. The van der Waals surface area contributed by atoms with Gasteiger partial charge in [-0.05, 0) is 36.8 Å². The average Bonchev–Trinajstić information content (AvgIpc) is 3.04. The SMILES string of the molecule is CCc1nc(SCC(=O)Nc2ccc(O)cc2)c2cc(CC)sc2n1. The predicted octanol–water partition coefficient (Wildman–Crippen LogP) is 4.25. The zero-order chi connectivity index (χ0) is 17.8. The Kier molecular flexibility index (Phi) is 5.55. The van der Waals surface area contributed by atoms with Gasteiger partial charge in [-0.25, -0.2) is 9.97 Å². The number of fused-ring (bicyclic) bond motifs is 1. The number of phenols is 1. The van der Waals surface area contributed by atoms with E-state index in [1.807, 2.05) is 6.92 Å². The van der Waals surface area contributed by atoms with Crippen molar-refractivity contribution in [3.8, 4) is 5.75 Å². The molecule has 0 bridgehead atoms. The molecule has 25 heavy (non-hydrogen) atoms. The smallest absolute Gasteiger partial charge is 0.234 e. The summed E-state index contributed by atoms with van der Waals surface area (Å²) in [5, 5.41) is 14.0. The normalized spacial score (nSPS) is 11.0. The fourth-order valence-electron chi connectivity index (χ4n) is 2.31. The Morgan fingerprint density at radius 1 is 1.20 bits per heavy atom. The fraction of sp³-hybridized carbons (Fsp3) is 0.278. The molecule has 0 atom stereocenters. The van der Waals surface area contributed by atoms with Crippen LogP contribution < -0.4 is 5.32 Å². The number of aromatic hydroxyl groups is 1. The maximum Gasteiger partial charge on any atom is 0.234 e. The van der Waals surface area contributed by atoms with Gasteiger partial charge >= 0.3 is 0 Å². The first kappa shape index (κ1) is 17.7. The molecule has 3 rings (SSSR count). The van der Waals surface area contributed by atoms with E-state index in [-0.39, 0.29) is 17.4 Å². The molecule has 0 aliphatic carbocycles. The van der Waals surface area contributed by atoms with Gasteiger partial charge in [0, 0.05) is 22.4 Å². The van der Waals surface area contributed by atoms with Gasteiger partial charge in [0.2, 0.25) is 5.91 Å². The molecule has 0 saturated heterocycles. The number of thioether (sulfide) groups is 1. The summed E-state index contributed by atoms with van der Waals surface area (Å²) in [5.41, 5.74) is 0.661. The number of nitrogens with one attached hydrogen (secondary N) is 1. The van der Waals surface area contributed by atoms with E-state index in [0.717, 1.165) is 33.9 Å². The maximum absolute atomic E-state index is 12.2. The highest BCUT2D eigenvalue weighted by Gasteiger charge is 2.13. The van der Waals surface area contributed by atoms with Gasteiger partial charge in [-0.15, -0.1) is 11.3 Å². The molecule has 2 N–H and O–H groups in total. The van der Waals surface area contributed by atoms with Crippen LogP contribution in [0.1, 0.15) is 24.5 Å². The monoisotopic (exact) mass is 373 g/mol. The number of aryl methyl sites for hydroxylation is 2. The number of carbonyl (C=O) groups excluding carboxylic acids is 1. The molecule has 0 saturated carbocycles. The van der Waals surface area contributed by atoms with Crippen LogP contribution in [-0.4, -0.2) is 26.7 Å². The summed E-state index contributed by atoms with van der Waals surface area (Å²) in [6.45, 7) is 4.15. The minimum atomic E-state index is -0.105. The van der Waals surface area contributed by atoms with E-state index >= 15 is 0 Å². The van der Waals surface area contributed by atoms with Gasteiger partial charge in [-0.1, -0.05) is 25.6 Å². The summed E-state index contributed by atoms with van der Waals surface area (Å²) in [4.78, 5) is 23.6. The highest BCUT2D eigenvalue weighted by molar-refractivity contribution is 8.00. The molecule has 0 radical (unpaired) electrons. The Morgan fingerprint density at radius 3 is 2.64 bits per heavy atom. The summed E-state index contributed by atoms with van der Waals surface area (Å²) >= 11 is 3.12. The van der Waals surface area contributed by atoms with Gasteiger partial charge in [-0.2, -0.15) is 0 Å². The van der Waals surface area contributed by atoms with Crippen molar-refractivity contribution < 1.29 is 9.90 Å². The first-order valence-corrected chi connectivity index (χ1v) is 9.90. The van der Waals surface area contributed by atoms with Crippen molar-refractivity contribution in [3.05, 3.63) is 41.0 Å². The quantitative estimate of drug-likeness (QED) is 0.384.